The van der Waals surface area contributed by atoms with Gasteiger partial charge in [0.25, 0.3) is 0 Å². The summed E-state index contributed by atoms with van der Waals surface area (Å²) in [5.41, 5.74) is 7.14. The van der Waals surface area contributed by atoms with Gasteiger partial charge in [0.15, 0.2) is 0 Å². The molecule has 23 heavy (non-hydrogen) atoms. The maximum absolute atomic E-state index is 12.4. The van der Waals surface area contributed by atoms with Crippen LogP contribution in [-0.2, 0) is 4.79 Å². The second kappa shape index (κ2) is 6.30. The van der Waals surface area contributed by atoms with Crippen LogP contribution in [0.15, 0.2) is 18.2 Å². The molecule has 1 saturated carbocycles. The van der Waals surface area contributed by atoms with Crippen LogP contribution in [-0.4, -0.2) is 30.6 Å². The molecule has 1 heterocycles. The number of anilines is 2. The molecule has 5 heteroatoms. The molecule has 0 saturated heterocycles. The number of nitrogens with one attached hydrogen (secondary N) is 1. The quantitative estimate of drug-likeness (QED) is 0.841. The standard InChI is InChI=1S/C18H27N3O2/c1-18(2)12-21(15-9-8-13(19)10-16(15)23-18)11-17(22)20-14-6-4-3-5-7-14/h8-10,14H,3-7,11-12,19H2,1-2H3,(H,20,22). The number of rotatable bonds is 3. The SMILES string of the molecule is CC1(C)CN(CC(=O)NC2CCCCC2)c2ccc(N)cc2O1. The lowest BCUT2D eigenvalue weighted by Gasteiger charge is -2.40. The molecule has 3 rings (SSSR count). The zero-order valence-electron chi connectivity index (χ0n) is 14.1. The topological polar surface area (TPSA) is 67.6 Å². The summed E-state index contributed by atoms with van der Waals surface area (Å²) >= 11 is 0. The van der Waals surface area contributed by atoms with E-state index in [2.05, 4.69) is 10.2 Å². The average Bonchev–Trinajstić information content (AvgIpc) is 2.46. The van der Waals surface area contributed by atoms with Crippen LogP contribution in [0.5, 0.6) is 5.75 Å². The number of benzene rings is 1. The van der Waals surface area contributed by atoms with E-state index in [1.807, 2.05) is 32.0 Å². The Kier molecular flexibility index (Phi) is 4.37. The first-order valence-electron chi connectivity index (χ1n) is 8.56. The van der Waals surface area contributed by atoms with Gasteiger partial charge in [-0.2, -0.15) is 0 Å². The van der Waals surface area contributed by atoms with E-state index in [-0.39, 0.29) is 11.5 Å². The van der Waals surface area contributed by atoms with Crippen LogP contribution >= 0.6 is 0 Å². The van der Waals surface area contributed by atoms with Crippen LogP contribution < -0.4 is 20.7 Å². The fraction of sp³-hybridized carbons (Fsp3) is 0.611. The van der Waals surface area contributed by atoms with E-state index in [1.54, 1.807) is 0 Å². The van der Waals surface area contributed by atoms with E-state index in [4.69, 9.17) is 10.5 Å². The Labute approximate surface area is 138 Å². The number of nitrogens with two attached hydrogens (primary N) is 1. The van der Waals surface area contributed by atoms with E-state index in [9.17, 15) is 4.79 Å². The molecular weight excluding hydrogens is 290 g/mol. The fourth-order valence-corrected chi connectivity index (χ4v) is 3.58. The molecular formula is C18H27N3O2. The van der Waals surface area contributed by atoms with Crippen LogP contribution in [0.25, 0.3) is 0 Å². The molecule has 1 amide bonds. The van der Waals surface area contributed by atoms with Crippen molar-refractivity contribution in [3.8, 4) is 5.75 Å². The van der Waals surface area contributed by atoms with Crippen molar-refractivity contribution in [2.75, 3.05) is 23.7 Å². The molecule has 0 spiro atoms. The van der Waals surface area contributed by atoms with Gasteiger partial charge in [0.05, 0.1) is 18.8 Å². The summed E-state index contributed by atoms with van der Waals surface area (Å²) in [7, 11) is 0. The largest absolute Gasteiger partial charge is 0.484 e. The number of fused-ring (bicyclic) bond motifs is 1. The molecule has 0 atom stereocenters. The lowest BCUT2D eigenvalue weighted by atomic mass is 9.95. The molecule has 126 valence electrons. The Morgan fingerprint density at radius 2 is 2.09 bits per heavy atom. The van der Waals surface area contributed by atoms with E-state index < -0.39 is 0 Å². The number of carbonyl (C=O) groups is 1. The van der Waals surface area contributed by atoms with Gasteiger partial charge in [-0.1, -0.05) is 19.3 Å². The summed E-state index contributed by atoms with van der Waals surface area (Å²) < 4.78 is 6.01. The maximum atomic E-state index is 12.4. The molecule has 1 aromatic carbocycles. The zero-order valence-corrected chi connectivity index (χ0v) is 14.1. The van der Waals surface area contributed by atoms with Gasteiger partial charge in [-0.05, 0) is 38.8 Å². The maximum Gasteiger partial charge on any atom is 0.239 e. The molecule has 3 N–H and O–H groups in total. The third-order valence-electron chi connectivity index (χ3n) is 4.59. The Hall–Kier alpha value is -1.91. The summed E-state index contributed by atoms with van der Waals surface area (Å²) in [5.74, 6) is 0.851. The molecule has 0 unspecified atom stereocenters. The smallest absolute Gasteiger partial charge is 0.239 e. The fourth-order valence-electron chi connectivity index (χ4n) is 3.58. The molecule has 0 bridgehead atoms. The Morgan fingerprint density at radius 3 is 2.83 bits per heavy atom. The van der Waals surface area contributed by atoms with Crippen molar-refractivity contribution in [3.63, 3.8) is 0 Å². The first-order valence-corrected chi connectivity index (χ1v) is 8.56. The Bertz CT molecular complexity index is 580. The van der Waals surface area contributed by atoms with E-state index in [1.165, 1.54) is 19.3 Å². The molecule has 1 aliphatic heterocycles. The lowest BCUT2D eigenvalue weighted by Crippen LogP contribution is -2.51. The van der Waals surface area contributed by atoms with Crippen molar-refractivity contribution in [2.24, 2.45) is 0 Å². The monoisotopic (exact) mass is 317 g/mol. The second-order valence-electron chi connectivity index (χ2n) is 7.35. The third-order valence-corrected chi connectivity index (χ3v) is 4.59. The summed E-state index contributed by atoms with van der Waals surface area (Å²) in [6, 6.07) is 5.97. The van der Waals surface area contributed by atoms with Crippen molar-refractivity contribution in [2.45, 2.75) is 57.6 Å². The molecule has 1 fully saturated rings. The van der Waals surface area contributed by atoms with Crippen molar-refractivity contribution < 1.29 is 9.53 Å². The van der Waals surface area contributed by atoms with Gasteiger partial charge in [-0.15, -0.1) is 0 Å². The second-order valence-corrected chi connectivity index (χ2v) is 7.35. The highest BCUT2D eigenvalue weighted by Crippen LogP contribution is 2.38. The first kappa shape index (κ1) is 16.0. The van der Waals surface area contributed by atoms with E-state index in [0.717, 1.165) is 24.3 Å². The zero-order chi connectivity index (χ0) is 16.4. The number of carbonyl (C=O) groups excluding carboxylic acids is 1. The van der Waals surface area contributed by atoms with Crippen LogP contribution in [0.2, 0.25) is 0 Å². The highest BCUT2D eigenvalue weighted by molar-refractivity contribution is 5.83. The minimum Gasteiger partial charge on any atom is -0.484 e. The summed E-state index contributed by atoms with van der Waals surface area (Å²) in [5, 5.41) is 3.19. The number of ether oxygens (including phenoxy) is 1. The van der Waals surface area contributed by atoms with Crippen LogP contribution in [0.1, 0.15) is 46.0 Å². The van der Waals surface area contributed by atoms with Gasteiger partial charge in [0.1, 0.15) is 11.4 Å². The van der Waals surface area contributed by atoms with Gasteiger partial charge >= 0.3 is 0 Å². The van der Waals surface area contributed by atoms with Gasteiger partial charge in [-0.25, -0.2) is 0 Å². The number of nitrogens with zero attached hydrogens (tertiary/aromatic N) is 1. The highest BCUT2D eigenvalue weighted by atomic mass is 16.5. The lowest BCUT2D eigenvalue weighted by molar-refractivity contribution is -0.120. The molecule has 2 aliphatic rings. The highest BCUT2D eigenvalue weighted by Gasteiger charge is 2.33. The summed E-state index contributed by atoms with van der Waals surface area (Å²) in [6.07, 6.45) is 5.94. The predicted octanol–water partition coefficient (Wildman–Crippen LogP) is 2.70. The number of nitrogen functional groups attached to an aromatic ring is 1. The molecule has 5 nitrogen and oxygen atoms in total. The van der Waals surface area contributed by atoms with Crippen molar-refractivity contribution >= 4 is 17.3 Å². The number of hydrogen-bond acceptors (Lipinski definition) is 4. The van der Waals surface area contributed by atoms with Crippen LogP contribution in [0.4, 0.5) is 11.4 Å². The summed E-state index contributed by atoms with van der Waals surface area (Å²) in [6.45, 7) is 5.11. The normalized spacial score (nSPS) is 20.5. The van der Waals surface area contributed by atoms with Gasteiger partial charge in [0, 0.05) is 17.8 Å². The van der Waals surface area contributed by atoms with Gasteiger partial charge in [-0.3, -0.25) is 4.79 Å². The van der Waals surface area contributed by atoms with Gasteiger partial charge < -0.3 is 20.7 Å². The van der Waals surface area contributed by atoms with Crippen molar-refractivity contribution in [3.05, 3.63) is 18.2 Å². The number of hydrogen-bond donors (Lipinski definition) is 2. The molecule has 0 aromatic heterocycles. The van der Waals surface area contributed by atoms with Gasteiger partial charge in [0.2, 0.25) is 5.91 Å². The Balaban J connectivity index is 1.70. The minimum atomic E-state index is -0.341. The van der Waals surface area contributed by atoms with E-state index >= 15 is 0 Å². The first-order chi connectivity index (χ1) is 10.9. The van der Waals surface area contributed by atoms with Crippen LogP contribution in [0, 0.1) is 0 Å². The number of amides is 1. The summed E-state index contributed by atoms with van der Waals surface area (Å²) in [4.78, 5) is 14.5. The molecule has 1 aromatic rings. The minimum absolute atomic E-state index is 0.0948. The average molecular weight is 317 g/mol. The van der Waals surface area contributed by atoms with Crippen LogP contribution in [0.3, 0.4) is 0 Å². The predicted molar refractivity (Wildman–Crippen MR) is 92.8 cm³/mol. The molecule has 1 aliphatic carbocycles. The van der Waals surface area contributed by atoms with Crippen molar-refractivity contribution in [1.29, 1.82) is 0 Å². The van der Waals surface area contributed by atoms with Crippen molar-refractivity contribution in [1.82, 2.24) is 5.32 Å². The van der Waals surface area contributed by atoms with E-state index in [0.29, 0.717) is 24.8 Å². The third kappa shape index (κ3) is 3.89. The molecule has 0 radical (unpaired) electrons. The Morgan fingerprint density at radius 1 is 1.35 bits per heavy atom.